The molecule has 0 aromatic heterocycles. The van der Waals surface area contributed by atoms with E-state index in [4.69, 9.17) is 4.74 Å². The highest BCUT2D eigenvalue weighted by atomic mass is 16.6. The molecule has 0 aromatic carbocycles. The van der Waals surface area contributed by atoms with Crippen LogP contribution in [0.1, 0.15) is 78.6 Å². The van der Waals surface area contributed by atoms with Crippen molar-refractivity contribution in [3.8, 4) is 0 Å². The summed E-state index contributed by atoms with van der Waals surface area (Å²) in [6, 6.07) is 0.688. The van der Waals surface area contributed by atoms with Crippen LogP contribution >= 0.6 is 0 Å². The minimum atomic E-state index is -0.415. The first kappa shape index (κ1) is 18.6. The van der Waals surface area contributed by atoms with Crippen LogP contribution in [0.15, 0.2) is 0 Å². The number of nitrogens with one attached hydrogen (secondary N) is 1. The molecule has 4 heteroatoms. The summed E-state index contributed by atoms with van der Waals surface area (Å²) in [5.41, 5.74) is 0.303. The lowest BCUT2D eigenvalue weighted by molar-refractivity contribution is 0.0296. The third-order valence-corrected chi connectivity index (χ3v) is 5.52. The van der Waals surface area contributed by atoms with Gasteiger partial charge in [-0.2, -0.15) is 0 Å². The van der Waals surface area contributed by atoms with Crippen molar-refractivity contribution in [1.82, 2.24) is 10.2 Å². The van der Waals surface area contributed by atoms with Gasteiger partial charge >= 0.3 is 6.09 Å². The van der Waals surface area contributed by atoms with E-state index in [-0.39, 0.29) is 6.09 Å². The Labute approximate surface area is 142 Å². The first-order chi connectivity index (χ1) is 10.8. The molecular weight excluding hydrogens is 288 g/mol. The molecule has 23 heavy (non-hydrogen) atoms. The molecule has 0 heterocycles. The maximum absolute atomic E-state index is 11.9. The summed E-state index contributed by atoms with van der Waals surface area (Å²) in [7, 11) is 1.82. The van der Waals surface area contributed by atoms with Crippen molar-refractivity contribution in [2.75, 3.05) is 20.1 Å². The van der Waals surface area contributed by atoms with Crippen molar-refractivity contribution in [2.24, 2.45) is 5.41 Å². The summed E-state index contributed by atoms with van der Waals surface area (Å²) >= 11 is 0. The Morgan fingerprint density at radius 3 is 2.35 bits per heavy atom. The lowest BCUT2D eigenvalue weighted by Gasteiger charge is -2.37. The number of carbonyl (C=O) groups is 1. The van der Waals surface area contributed by atoms with E-state index in [0.717, 1.165) is 24.9 Å². The highest BCUT2D eigenvalue weighted by molar-refractivity contribution is 5.67. The van der Waals surface area contributed by atoms with Crippen LogP contribution in [-0.2, 0) is 4.74 Å². The Hall–Kier alpha value is -0.770. The summed E-state index contributed by atoms with van der Waals surface area (Å²) < 4.78 is 5.37. The largest absolute Gasteiger partial charge is 0.444 e. The van der Waals surface area contributed by atoms with E-state index in [1.54, 1.807) is 4.90 Å². The maximum Gasteiger partial charge on any atom is 0.410 e. The van der Waals surface area contributed by atoms with E-state index in [1.807, 2.05) is 27.8 Å². The highest BCUT2D eigenvalue weighted by Crippen LogP contribution is 2.48. The SMILES string of the molecule is CN(CCCNC1CCC2(CCCC2)CC1)C(=O)OC(C)(C)C. The fourth-order valence-corrected chi connectivity index (χ4v) is 4.11. The van der Waals surface area contributed by atoms with E-state index in [9.17, 15) is 4.79 Å². The monoisotopic (exact) mass is 324 g/mol. The van der Waals surface area contributed by atoms with Gasteiger partial charge in [-0.25, -0.2) is 4.79 Å². The molecule has 1 amide bonds. The molecule has 0 radical (unpaired) electrons. The van der Waals surface area contributed by atoms with Crippen LogP contribution in [0.5, 0.6) is 0 Å². The molecule has 0 aromatic rings. The zero-order chi connectivity index (χ0) is 16.9. The number of hydrogen-bond acceptors (Lipinski definition) is 3. The number of hydrogen-bond donors (Lipinski definition) is 1. The van der Waals surface area contributed by atoms with Crippen molar-refractivity contribution >= 4 is 6.09 Å². The van der Waals surface area contributed by atoms with E-state index in [2.05, 4.69) is 5.32 Å². The average Bonchev–Trinajstić information content (AvgIpc) is 2.92. The van der Waals surface area contributed by atoms with Gasteiger partial charge in [0.2, 0.25) is 0 Å². The van der Waals surface area contributed by atoms with Gasteiger partial charge in [-0.3, -0.25) is 0 Å². The zero-order valence-electron chi connectivity index (χ0n) is 15.6. The van der Waals surface area contributed by atoms with Gasteiger partial charge in [0.05, 0.1) is 0 Å². The highest BCUT2D eigenvalue weighted by Gasteiger charge is 2.37. The molecule has 2 aliphatic rings. The second-order valence-electron chi connectivity index (χ2n) is 8.69. The lowest BCUT2D eigenvalue weighted by atomic mass is 9.71. The molecular formula is C19H36N2O2. The van der Waals surface area contributed by atoms with Gasteiger partial charge in [-0.15, -0.1) is 0 Å². The van der Waals surface area contributed by atoms with Crippen molar-refractivity contribution in [1.29, 1.82) is 0 Å². The van der Waals surface area contributed by atoms with E-state index < -0.39 is 5.60 Å². The summed E-state index contributed by atoms with van der Waals surface area (Å²) in [6.07, 6.45) is 12.1. The van der Waals surface area contributed by atoms with Crippen LogP contribution in [0, 0.1) is 5.41 Å². The molecule has 0 atom stereocenters. The Kier molecular flexibility index (Phi) is 6.35. The van der Waals surface area contributed by atoms with Crippen molar-refractivity contribution < 1.29 is 9.53 Å². The van der Waals surface area contributed by atoms with Crippen LogP contribution in [-0.4, -0.2) is 42.8 Å². The molecule has 4 nitrogen and oxygen atoms in total. The molecule has 1 spiro atoms. The van der Waals surface area contributed by atoms with Gasteiger partial charge in [0.15, 0.2) is 0 Å². The molecule has 2 rings (SSSR count). The second-order valence-corrected chi connectivity index (χ2v) is 8.69. The lowest BCUT2D eigenvalue weighted by Crippen LogP contribution is -2.39. The molecule has 2 fully saturated rings. The quantitative estimate of drug-likeness (QED) is 0.765. The first-order valence-corrected chi connectivity index (χ1v) is 9.47. The predicted molar refractivity (Wildman–Crippen MR) is 94.6 cm³/mol. The summed E-state index contributed by atoms with van der Waals surface area (Å²) in [5, 5.41) is 3.69. The minimum absolute atomic E-state index is 0.224. The van der Waals surface area contributed by atoms with Gasteiger partial charge in [-0.05, 0) is 77.7 Å². The molecule has 0 aliphatic heterocycles. The molecule has 0 bridgehead atoms. The molecule has 1 N–H and O–H groups in total. The van der Waals surface area contributed by atoms with Gasteiger partial charge < -0.3 is 15.0 Å². The smallest absolute Gasteiger partial charge is 0.410 e. The van der Waals surface area contributed by atoms with E-state index in [1.165, 1.54) is 51.4 Å². The van der Waals surface area contributed by atoms with Crippen LogP contribution in [0.4, 0.5) is 4.79 Å². The standard InChI is InChI=1S/C19H36N2O2/c1-18(2,3)23-17(22)21(4)15-7-14-20-16-8-12-19(13-9-16)10-5-6-11-19/h16,20H,5-15H2,1-4H3. The molecule has 134 valence electrons. The number of rotatable bonds is 5. The summed E-state index contributed by atoms with van der Waals surface area (Å²) in [6.45, 7) is 7.45. The van der Waals surface area contributed by atoms with Crippen molar-refractivity contribution in [3.05, 3.63) is 0 Å². The van der Waals surface area contributed by atoms with Gasteiger partial charge in [-0.1, -0.05) is 12.8 Å². The zero-order valence-corrected chi connectivity index (χ0v) is 15.6. The number of nitrogens with zero attached hydrogens (tertiary/aromatic N) is 1. The molecule has 2 aliphatic carbocycles. The number of carbonyl (C=O) groups excluding carboxylic acids is 1. The Morgan fingerprint density at radius 1 is 1.17 bits per heavy atom. The number of ether oxygens (including phenoxy) is 1. The van der Waals surface area contributed by atoms with Gasteiger partial charge in [0.25, 0.3) is 0 Å². The normalized spacial score (nSPS) is 21.6. The molecule has 0 saturated heterocycles. The number of amides is 1. The van der Waals surface area contributed by atoms with Crippen LogP contribution in [0.25, 0.3) is 0 Å². The Balaban J connectivity index is 1.56. The average molecular weight is 325 g/mol. The van der Waals surface area contributed by atoms with E-state index >= 15 is 0 Å². The summed E-state index contributed by atoms with van der Waals surface area (Å²) in [4.78, 5) is 13.6. The van der Waals surface area contributed by atoms with E-state index in [0.29, 0.717) is 6.04 Å². The Morgan fingerprint density at radius 2 is 1.78 bits per heavy atom. The second kappa shape index (κ2) is 7.87. The van der Waals surface area contributed by atoms with Crippen LogP contribution < -0.4 is 5.32 Å². The maximum atomic E-state index is 11.9. The van der Waals surface area contributed by atoms with Crippen molar-refractivity contribution in [2.45, 2.75) is 90.2 Å². The van der Waals surface area contributed by atoms with Crippen molar-refractivity contribution in [3.63, 3.8) is 0 Å². The fraction of sp³-hybridized carbons (Fsp3) is 0.947. The third kappa shape index (κ3) is 5.98. The predicted octanol–water partition coefficient (Wildman–Crippen LogP) is 4.34. The molecule has 2 saturated carbocycles. The minimum Gasteiger partial charge on any atom is -0.444 e. The van der Waals surface area contributed by atoms with Gasteiger partial charge in [0, 0.05) is 19.6 Å². The van der Waals surface area contributed by atoms with Crippen LogP contribution in [0.3, 0.4) is 0 Å². The fourth-order valence-electron chi connectivity index (χ4n) is 4.11. The topological polar surface area (TPSA) is 41.6 Å². The Bertz CT molecular complexity index is 373. The first-order valence-electron chi connectivity index (χ1n) is 9.47. The summed E-state index contributed by atoms with van der Waals surface area (Å²) in [5.74, 6) is 0. The molecule has 0 unspecified atom stereocenters. The third-order valence-electron chi connectivity index (χ3n) is 5.52. The van der Waals surface area contributed by atoms with Crippen LogP contribution in [0.2, 0.25) is 0 Å². The van der Waals surface area contributed by atoms with Gasteiger partial charge in [0.1, 0.15) is 5.60 Å².